The zero-order valence-electron chi connectivity index (χ0n) is 15.8. The summed E-state index contributed by atoms with van der Waals surface area (Å²) in [6.45, 7) is 1.04. The third-order valence-corrected chi connectivity index (χ3v) is 7.66. The van der Waals surface area contributed by atoms with Crippen LogP contribution in [0.2, 0.25) is 10.0 Å². The Balaban J connectivity index is 1.68. The molecule has 2 aliphatic rings. The first kappa shape index (κ1) is 21.2. The topological polar surface area (TPSA) is 100 Å². The highest BCUT2D eigenvalue weighted by atomic mass is 35.5. The highest BCUT2D eigenvalue weighted by Gasteiger charge is 2.33. The number of nitrogens with zero attached hydrogens (tertiary/aromatic N) is 3. The molecule has 11 heteroatoms. The van der Waals surface area contributed by atoms with E-state index in [1.165, 1.54) is 30.5 Å². The van der Waals surface area contributed by atoms with Crippen LogP contribution in [0.25, 0.3) is 0 Å². The molecule has 0 spiro atoms. The van der Waals surface area contributed by atoms with Crippen molar-refractivity contribution >= 4 is 44.8 Å². The molecule has 1 aromatic heterocycles. The lowest BCUT2D eigenvalue weighted by atomic mass is 10.1. The Morgan fingerprint density at radius 2 is 1.87 bits per heavy atom. The summed E-state index contributed by atoms with van der Waals surface area (Å²) in [4.78, 5) is 18.6. The number of hydrogen-bond acceptors (Lipinski definition) is 6. The Morgan fingerprint density at radius 1 is 1.13 bits per heavy atom. The molecule has 0 aliphatic carbocycles. The second-order valence-corrected chi connectivity index (χ2v) is 9.75. The quantitative estimate of drug-likeness (QED) is 0.737. The molecule has 1 fully saturated rings. The molecule has 0 saturated carbocycles. The van der Waals surface area contributed by atoms with Gasteiger partial charge in [-0.05, 0) is 37.1 Å². The standard InChI is InChI=1S/C19H19Cl2N3O5S/c20-15-2-1-14(10-16(15)21)30(27,28)24-7-8-29-18-17(24)9-12(11-22-18)19(26)23-5-3-13(25)4-6-23/h1-2,9-11,13,25H,3-8H2. The average Bonchev–Trinajstić information content (AvgIpc) is 2.74. The largest absolute Gasteiger partial charge is 0.474 e. The van der Waals surface area contributed by atoms with E-state index >= 15 is 0 Å². The zero-order valence-corrected chi connectivity index (χ0v) is 18.1. The fourth-order valence-corrected chi connectivity index (χ4v) is 5.29. The number of piperidine rings is 1. The van der Waals surface area contributed by atoms with Crippen LogP contribution >= 0.6 is 23.2 Å². The molecule has 3 heterocycles. The van der Waals surface area contributed by atoms with Gasteiger partial charge in [0.2, 0.25) is 5.88 Å². The first-order valence-electron chi connectivity index (χ1n) is 9.35. The predicted molar refractivity (Wildman–Crippen MR) is 112 cm³/mol. The maximum Gasteiger partial charge on any atom is 0.264 e. The van der Waals surface area contributed by atoms with Gasteiger partial charge in [0.25, 0.3) is 15.9 Å². The summed E-state index contributed by atoms with van der Waals surface area (Å²) >= 11 is 11.9. The number of halogens is 2. The van der Waals surface area contributed by atoms with E-state index < -0.39 is 16.1 Å². The molecular weight excluding hydrogens is 453 g/mol. The summed E-state index contributed by atoms with van der Waals surface area (Å²) < 4.78 is 33.2. The molecule has 0 bridgehead atoms. The number of carbonyl (C=O) groups excluding carboxylic acids is 1. The number of aromatic nitrogens is 1. The monoisotopic (exact) mass is 471 g/mol. The summed E-state index contributed by atoms with van der Waals surface area (Å²) in [5.74, 6) is -0.134. The molecule has 30 heavy (non-hydrogen) atoms. The van der Waals surface area contributed by atoms with Gasteiger partial charge in [-0.15, -0.1) is 0 Å². The molecule has 0 radical (unpaired) electrons. The number of aliphatic hydroxyl groups is 1. The first-order valence-corrected chi connectivity index (χ1v) is 11.5. The van der Waals surface area contributed by atoms with Crippen molar-refractivity contribution in [2.45, 2.75) is 23.8 Å². The van der Waals surface area contributed by atoms with Gasteiger partial charge in [-0.2, -0.15) is 0 Å². The van der Waals surface area contributed by atoms with Crippen LogP contribution in [0.1, 0.15) is 23.2 Å². The molecule has 2 aromatic rings. The lowest BCUT2D eigenvalue weighted by Gasteiger charge is -2.31. The SMILES string of the molecule is O=C(c1cnc2c(c1)N(S(=O)(=O)c1ccc(Cl)c(Cl)c1)CCO2)N1CCC(O)CC1. The minimum Gasteiger partial charge on any atom is -0.474 e. The summed E-state index contributed by atoms with van der Waals surface area (Å²) in [6, 6.07) is 5.56. The van der Waals surface area contributed by atoms with E-state index in [1.807, 2.05) is 0 Å². The molecular formula is C19H19Cl2N3O5S. The number of likely N-dealkylation sites (tertiary alicyclic amines) is 1. The number of benzene rings is 1. The van der Waals surface area contributed by atoms with Gasteiger partial charge >= 0.3 is 0 Å². The highest BCUT2D eigenvalue weighted by Crippen LogP contribution is 2.36. The van der Waals surface area contributed by atoms with Crippen molar-refractivity contribution < 1.29 is 23.1 Å². The van der Waals surface area contributed by atoms with Crippen LogP contribution in [0, 0.1) is 0 Å². The van der Waals surface area contributed by atoms with E-state index in [2.05, 4.69) is 4.98 Å². The average molecular weight is 472 g/mol. The fraction of sp³-hybridized carbons (Fsp3) is 0.368. The number of ether oxygens (including phenoxy) is 1. The van der Waals surface area contributed by atoms with Crippen molar-refractivity contribution in [2.24, 2.45) is 0 Å². The van der Waals surface area contributed by atoms with Crippen LogP contribution < -0.4 is 9.04 Å². The van der Waals surface area contributed by atoms with E-state index in [0.29, 0.717) is 25.9 Å². The molecule has 1 N–H and O–H groups in total. The fourth-order valence-electron chi connectivity index (χ4n) is 3.46. The summed E-state index contributed by atoms with van der Waals surface area (Å²) in [5, 5.41) is 10.0. The van der Waals surface area contributed by atoms with E-state index in [0.717, 1.165) is 4.31 Å². The van der Waals surface area contributed by atoms with E-state index in [4.69, 9.17) is 27.9 Å². The normalized spacial score (nSPS) is 17.4. The number of aliphatic hydroxyl groups excluding tert-OH is 1. The van der Waals surface area contributed by atoms with Crippen molar-refractivity contribution in [1.29, 1.82) is 0 Å². The Morgan fingerprint density at radius 3 is 2.57 bits per heavy atom. The van der Waals surface area contributed by atoms with Crippen LogP contribution in [-0.4, -0.2) is 61.7 Å². The predicted octanol–water partition coefficient (Wildman–Crippen LogP) is 2.57. The lowest BCUT2D eigenvalue weighted by Crippen LogP contribution is -2.41. The second-order valence-electron chi connectivity index (χ2n) is 7.07. The Bertz CT molecular complexity index is 1090. The van der Waals surface area contributed by atoms with Crippen LogP contribution in [-0.2, 0) is 10.0 Å². The van der Waals surface area contributed by atoms with Crippen molar-refractivity contribution in [3.05, 3.63) is 46.1 Å². The van der Waals surface area contributed by atoms with Gasteiger partial charge in [-0.3, -0.25) is 9.10 Å². The summed E-state index contributed by atoms with van der Waals surface area (Å²) in [6.07, 6.45) is 1.98. The van der Waals surface area contributed by atoms with E-state index in [-0.39, 0.29) is 51.1 Å². The minimum absolute atomic E-state index is 0.0218. The molecule has 8 nitrogen and oxygen atoms in total. The lowest BCUT2D eigenvalue weighted by molar-refractivity contribution is 0.0546. The summed E-state index contributed by atoms with van der Waals surface area (Å²) in [5.41, 5.74) is 0.445. The zero-order chi connectivity index (χ0) is 21.5. The molecule has 1 aromatic carbocycles. The summed E-state index contributed by atoms with van der Waals surface area (Å²) in [7, 11) is -3.98. The number of sulfonamides is 1. The van der Waals surface area contributed by atoms with Crippen molar-refractivity contribution in [2.75, 3.05) is 30.5 Å². The van der Waals surface area contributed by atoms with Crippen molar-refractivity contribution in [3.63, 3.8) is 0 Å². The van der Waals surface area contributed by atoms with E-state index in [9.17, 15) is 18.3 Å². The third-order valence-electron chi connectivity index (χ3n) is 5.11. The van der Waals surface area contributed by atoms with Gasteiger partial charge in [0.05, 0.1) is 33.2 Å². The maximum absolute atomic E-state index is 13.3. The number of anilines is 1. The number of amides is 1. The van der Waals surface area contributed by atoms with Gasteiger partial charge < -0.3 is 14.7 Å². The van der Waals surface area contributed by atoms with Crippen LogP contribution in [0.5, 0.6) is 5.88 Å². The van der Waals surface area contributed by atoms with E-state index in [1.54, 1.807) is 4.90 Å². The maximum atomic E-state index is 13.3. The third kappa shape index (κ3) is 3.94. The number of hydrogen-bond donors (Lipinski definition) is 1. The van der Waals surface area contributed by atoms with Crippen molar-refractivity contribution in [3.8, 4) is 5.88 Å². The molecule has 1 amide bonds. The van der Waals surface area contributed by atoms with Gasteiger partial charge in [-0.1, -0.05) is 23.2 Å². The van der Waals surface area contributed by atoms with Crippen LogP contribution in [0.15, 0.2) is 35.4 Å². The molecule has 0 atom stereocenters. The molecule has 1 saturated heterocycles. The molecule has 2 aliphatic heterocycles. The van der Waals surface area contributed by atoms with Crippen LogP contribution in [0.4, 0.5) is 5.69 Å². The van der Waals surface area contributed by atoms with Gasteiger partial charge in [0.1, 0.15) is 12.3 Å². The molecule has 4 rings (SSSR count). The van der Waals surface area contributed by atoms with Gasteiger partial charge in [0.15, 0.2) is 0 Å². The minimum atomic E-state index is -3.98. The number of carbonyl (C=O) groups is 1. The Labute approximate surface area is 184 Å². The van der Waals surface area contributed by atoms with Gasteiger partial charge in [-0.25, -0.2) is 13.4 Å². The second kappa shape index (κ2) is 8.22. The Kier molecular flexibility index (Phi) is 5.80. The Hall–Kier alpha value is -2.07. The highest BCUT2D eigenvalue weighted by molar-refractivity contribution is 7.92. The van der Waals surface area contributed by atoms with Crippen molar-refractivity contribution in [1.82, 2.24) is 9.88 Å². The number of pyridine rings is 1. The number of rotatable bonds is 3. The number of fused-ring (bicyclic) bond motifs is 1. The first-order chi connectivity index (χ1) is 14.3. The van der Waals surface area contributed by atoms with Crippen LogP contribution in [0.3, 0.4) is 0 Å². The molecule has 160 valence electrons. The van der Waals surface area contributed by atoms with Gasteiger partial charge in [0, 0.05) is 19.3 Å². The smallest absolute Gasteiger partial charge is 0.264 e. The molecule has 0 unspecified atom stereocenters.